The summed E-state index contributed by atoms with van der Waals surface area (Å²) in [7, 11) is 0. The van der Waals surface area contributed by atoms with E-state index in [-0.39, 0.29) is 0 Å². The van der Waals surface area contributed by atoms with Gasteiger partial charge in [-0.15, -0.1) is 0 Å². The highest BCUT2D eigenvalue weighted by Crippen LogP contribution is 2.38. The smallest absolute Gasteiger partial charge is 0.0131 e. The van der Waals surface area contributed by atoms with E-state index in [1.807, 2.05) is 0 Å². The molecule has 2 aliphatic rings. The quantitative estimate of drug-likeness (QED) is 0.823. The Kier molecular flexibility index (Phi) is 5.53. The van der Waals surface area contributed by atoms with Crippen LogP contribution in [0.15, 0.2) is 0 Å². The molecule has 0 aromatic heterocycles. The third-order valence-electron chi connectivity index (χ3n) is 5.72. The van der Waals surface area contributed by atoms with Crippen LogP contribution in [0.1, 0.15) is 72.6 Å². The second-order valence-electron chi connectivity index (χ2n) is 8.45. The van der Waals surface area contributed by atoms with Crippen LogP contribution in [0.4, 0.5) is 0 Å². The molecule has 0 bridgehead atoms. The molecule has 118 valence electrons. The summed E-state index contributed by atoms with van der Waals surface area (Å²) in [6.45, 7) is 11.9. The van der Waals surface area contributed by atoms with E-state index < -0.39 is 0 Å². The molecule has 0 spiro atoms. The van der Waals surface area contributed by atoms with Gasteiger partial charge in [-0.2, -0.15) is 0 Å². The van der Waals surface area contributed by atoms with Crippen LogP contribution in [0, 0.1) is 17.3 Å². The van der Waals surface area contributed by atoms with Crippen molar-refractivity contribution in [1.82, 2.24) is 4.90 Å². The molecular formula is C18H36N2. The van der Waals surface area contributed by atoms with E-state index >= 15 is 0 Å². The molecular weight excluding hydrogens is 244 g/mol. The van der Waals surface area contributed by atoms with Crippen molar-refractivity contribution in [3.8, 4) is 0 Å². The lowest BCUT2D eigenvalue weighted by molar-refractivity contribution is 0.0778. The topological polar surface area (TPSA) is 29.3 Å². The van der Waals surface area contributed by atoms with Gasteiger partial charge < -0.3 is 5.73 Å². The first kappa shape index (κ1) is 16.3. The number of hydrogen-bond acceptors (Lipinski definition) is 2. The van der Waals surface area contributed by atoms with E-state index in [1.165, 1.54) is 58.0 Å². The molecule has 2 N–H and O–H groups in total. The molecule has 0 aromatic rings. The van der Waals surface area contributed by atoms with E-state index in [9.17, 15) is 0 Å². The van der Waals surface area contributed by atoms with E-state index in [0.29, 0.717) is 17.4 Å². The highest BCUT2D eigenvalue weighted by Gasteiger charge is 2.38. The van der Waals surface area contributed by atoms with Crippen molar-refractivity contribution in [2.24, 2.45) is 23.0 Å². The minimum absolute atomic E-state index is 0.335. The van der Waals surface area contributed by atoms with Gasteiger partial charge in [0.05, 0.1) is 0 Å². The molecule has 2 aliphatic carbocycles. The van der Waals surface area contributed by atoms with Crippen LogP contribution < -0.4 is 5.73 Å². The molecule has 0 saturated heterocycles. The van der Waals surface area contributed by atoms with Crippen LogP contribution in [-0.2, 0) is 0 Å². The van der Waals surface area contributed by atoms with Gasteiger partial charge in [0.1, 0.15) is 0 Å². The van der Waals surface area contributed by atoms with Crippen LogP contribution in [-0.4, -0.2) is 30.1 Å². The fourth-order valence-corrected chi connectivity index (χ4v) is 4.42. The van der Waals surface area contributed by atoms with E-state index in [2.05, 4.69) is 32.6 Å². The van der Waals surface area contributed by atoms with Crippen LogP contribution >= 0.6 is 0 Å². The first-order valence-electron chi connectivity index (χ1n) is 8.90. The van der Waals surface area contributed by atoms with Crippen LogP contribution in [0.5, 0.6) is 0 Å². The molecule has 2 fully saturated rings. The Labute approximate surface area is 126 Å². The standard InChI is InChI=1S/C18H36N2/c1-14(2)12-20(16-9-5-6-10-16)13-15-8-7-11-18(3,4)17(15)19/h14-17H,5-13,19H2,1-4H3. The Hall–Kier alpha value is -0.0800. The summed E-state index contributed by atoms with van der Waals surface area (Å²) in [5.41, 5.74) is 6.94. The summed E-state index contributed by atoms with van der Waals surface area (Å²) >= 11 is 0. The maximum absolute atomic E-state index is 6.61. The Balaban J connectivity index is 1.99. The summed E-state index contributed by atoms with van der Waals surface area (Å²) in [6.07, 6.45) is 9.70. The first-order valence-corrected chi connectivity index (χ1v) is 8.90. The number of nitrogens with two attached hydrogens (primary N) is 1. The Morgan fingerprint density at radius 2 is 1.75 bits per heavy atom. The zero-order valence-corrected chi connectivity index (χ0v) is 14.2. The largest absolute Gasteiger partial charge is 0.327 e. The minimum Gasteiger partial charge on any atom is -0.327 e. The molecule has 2 rings (SSSR count). The van der Waals surface area contributed by atoms with Crippen LogP contribution in [0.2, 0.25) is 0 Å². The molecule has 2 unspecified atom stereocenters. The Bertz CT molecular complexity index is 292. The maximum atomic E-state index is 6.61. The van der Waals surface area contributed by atoms with Gasteiger partial charge in [-0.05, 0) is 42.9 Å². The Morgan fingerprint density at radius 1 is 1.10 bits per heavy atom. The molecule has 2 heteroatoms. The zero-order chi connectivity index (χ0) is 14.8. The van der Waals surface area contributed by atoms with Crippen molar-refractivity contribution < 1.29 is 0 Å². The third kappa shape index (κ3) is 3.98. The molecule has 0 aromatic carbocycles. The molecule has 2 nitrogen and oxygen atoms in total. The number of rotatable bonds is 5. The predicted molar refractivity (Wildman–Crippen MR) is 87.8 cm³/mol. The van der Waals surface area contributed by atoms with Crippen molar-refractivity contribution in [2.75, 3.05) is 13.1 Å². The SMILES string of the molecule is CC(C)CN(CC1CCCC(C)(C)C1N)C1CCCC1. The average Bonchev–Trinajstić information content (AvgIpc) is 2.87. The summed E-state index contributed by atoms with van der Waals surface area (Å²) in [5.74, 6) is 1.47. The summed E-state index contributed by atoms with van der Waals surface area (Å²) < 4.78 is 0. The fraction of sp³-hybridized carbons (Fsp3) is 1.00. The van der Waals surface area contributed by atoms with Gasteiger partial charge in [-0.3, -0.25) is 4.90 Å². The molecule has 2 atom stereocenters. The van der Waals surface area contributed by atoms with Gasteiger partial charge in [-0.25, -0.2) is 0 Å². The fourth-order valence-electron chi connectivity index (χ4n) is 4.42. The van der Waals surface area contributed by atoms with Gasteiger partial charge in [-0.1, -0.05) is 47.0 Å². The van der Waals surface area contributed by atoms with Gasteiger partial charge >= 0.3 is 0 Å². The molecule has 0 radical (unpaired) electrons. The van der Waals surface area contributed by atoms with E-state index in [0.717, 1.165) is 12.0 Å². The van der Waals surface area contributed by atoms with Crippen molar-refractivity contribution in [2.45, 2.75) is 84.7 Å². The molecule has 20 heavy (non-hydrogen) atoms. The van der Waals surface area contributed by atoms with Crippen molar-refractivity contribution in [1.29, 1.82) is 0 Å². The third-order valence-corrected chi connectivity index (χ3v) is 5.72. The van der Waals surface area contributed by atoms with Gasteiger partial charge in [0.2, 0.25) is 0 Å². The maximum Gasteiger partial charge on any atom is 0.0131 e. The lowest BCUT2D eigenvalue weighted by atomic mass is 9.68. The predicted octanol–water partition coefficient (Wildman–Crippen LogP) is 4.04. The summed E-state index contributed by atoms with van der Waals surface area (Å²) in [6, 6.07) is 1.22. The molecule has 0 amide bonds. The number of nitrogens with zero attached hydrogens (tertiary/aromatic N) is 1. The highest BCUT2D eigenvalue weighted by atomic mass is 15.2. The van der Waals surface area contributed by atoms with E-state index in [4.69, 9.17) is 5.73 Å². The van der Waals surface area contributed by atoms with E-state index in [1.54, 1.807) is 0 Å². The van der Waals surface area contributed by atoms with Gasteiger partial charge in [0.15, 0.2) is 0 Å². The van der Waals surface area contributed by atoms with Gasteiger partial charge in [0.25, 0.3) is 0 Å². The normalized spacial score (nSPS) is 31.4. The second-order valence-corrected chi connectivity index (χ2v) is 8.45. The average molecular weight is 280 g/mol. The van der Waals surface area contributed by atoms with Crippen LogP contribution in [0.3, 0.4) is 0 Å². The van der Waals surface area contributed by atoms with Crippen molar-refractivity contribution in [3.05, 3.63) is 0 Å². The highest BCUT2D eigenvalue weighted by molar-refractivity contribution is 4.93. The van der Waals surface area contributed by atoms with Gasteiger partial charge in [0, 0.05) is 25.2 Å². The Morgan fingerprint density at radius 3 is 2.35 bits per heavy atom. The van der Waals surface area contributed by atoms with Crippen molar-refractivity contribution in [3.63, 3.8) is 0 Å². The molecule has 0 aliphatic heterocycles. The lowest BCUT2D eigenvalue weighted by Crippen LogP contribution is -2.51. The zero-order valence-electron chi connectivity index (χ0n) is 14.2. The first-order chi connectivity index (χ1) is 9.40. The minimum atomic E-state index is 0.335. The van der Waals surface area contributed by atoms with Crippen LogP contribution in [0.25, 0.3) is 0 Å². The lowest BCUT2D eigenvalue weighted by Gasteiger charge is -2.45. The molecule has 2 saturated carbocycles. The molecule has 0 heterocycles. The van der Waals surface area contributed by atoms with Crippen molar-refractivity contribution >= 4 is 0 Å². The summed E-state index contributed by atoms with van der Waals surface area (Å²) in [4.78, 5) is 2.80. The summed E-state index contributed by atoms with van der Waals surface area (Å²) in [5, 5.41) is 0. The second kappa shape index (κ2) is 6.79. The monoisotopic (exact) mass is 280 g/mol. The number of hydrogen-bond donors (Lipinski definition) is 1.